The van der Waals surface area contributed by atoms with E-state index in [1.54, 1.807) is 13.8 Å². The number of hydrogen-bond donors (Lipinski definition) is 2. The molecule has 0 saturated carbocycles. The van der Waals surface area contributed by atoms with Gasteiger partial charge in [0.05, 0.1) is 5.41 Å². The Morgan fingerprint density at radius 3 is 2.29 bits per heavy atom. The van der Waals surface area contributed by atoms with E-state index in [2.05, 4.69) is 31.3 Å². The lowest BCUT2D eigenvalue weighted by Gasteiger charge is -2.20. The molecule has 0 heterocycles. The summed E-state index contributed by atoms with van der Waals surface area (Å²) in [7, 11) is 0. The molecule has 0 radical (unpaired) electrons. The molecule has 0 aliphatic rings. The molecule has 0 aliphatic heterocycles. The third-order valence-electron chi connectivity index (χ3n) is 3.11. The second-order valence-electron chi connectivity index (χ2n) is 5.13. The summed E-state index contributed by atoms with van der Waals surface area (Å²) >= 11 is 0. The van der Waals surface area contributed by atoms with Crippen molar-refractivity contribution >= 4 is 11.7 Å². The van der Waals surface area contributed by atoms with E-state index in [0.29, 0.717) is 13.0 Å². The fourth-order valence-electron chi connectivity index (χ4n) is 1.70. The van der Waals surface area contributed by atoms with Crippen molar-refractivity contribution in [2.24, 2.45) is 5.41 Å². The van der Waals surface area contributed by atoms with Crippen molar-refractivity contribution in [3.05, 3.63) is 29.3 Å². The molecule has 0 unspecified atom stereocenters. The van der Waals surface area contributed by atoms with Crippen LogP contribution in [0.2, 0.25) is 0 Å². The summed E-state index contributed by atoms with van der Waals surface area (Å²) in [5.74, 6) is -0.749. The number of benzene rings is 1. The summed E-state index contributed by atoms with van der Waals surface area (Å²) in [4.78, 5) is 11.0. The molecule has 0 saturated heterocycles. The van der Waals surface area contributed by atoms with Crippen molar-refractivity contribution in [1.29, 1.82) is 0 Å². The Morgan fingerprint density at radius 2 is 1.82 bits per heavy atom. The first-order valence-electron chi connectivity index (χ1n) is 5.88. The molecule has 17 heavy (non-hydrogen) atoms. The maximum atomic E-state index is 11.0. The molecule has 94 valence electrons. The van der Waals surface area contributed by atoms with Crippen LogP contribution in [0, 0.1) is 19.3 Å². The number of anilines is 1. The number of rotatable bonds is 5. The number of carboxylic acid groups (broad SMARTS) is 1. The van der Waals surface area contributed by atoms with Crippen molar-refractivity contribution in [2.45, 2.75) is 34.1 Å². The fraction of sp³-hybridized carbons (Fsp3) is 0.500. The summed E-state index contributed by atoms with van der Waals surface area (Å²) in [6, 6.07) is 6.13. The molecule has 3 nitrogen and oxygen atoms in total. The van der Waals surface area contributed by atoms with Gasteiger partial charge in [0.1, 0.15) is 0 Å². The van der Waals surface area contributed by atoms with E-state index in [4.69, 9.17) is 5.11 Å². The lowest BCUT2D eigenvalue weighted by atomic mass is 9.89. The van der Waals surface area contributed by atoms with Gasteiger partial charge in [-0.05, 0) is 45.2 Å². The zero-order valence-electron chi connectivity index (χ0n) is 11.0. The fourth-order valence-corrected chi connectivity index (χ4v) is 1.70. The van der Waals surface area contributed by atoms with Crippen LogP contribution in [0.1, 0.15) is 31.4 Å². The molecular weight excluding hydrogens is 214 g/mol. The van der Waals surface area contributed by atoms with E-state index in [9.17, 15) is 4.79 Å². The van der Waals surface area contributed by atoms with Gasteiger partial charge in [-0.2, -0.15) is 0 Å². The minimum atomic E-state index is -0.749. The van der Waals surface area contributed by atoms with E-state index >= 15 is 0 Å². The Balaban J connectivity index is 2.60. The highest BCUT2D eigenvalue weighted by Crippen LogP contribution is 2.23. The van der Waals surface area contributed by atoms with E-state index < -0.39 is 11.4 Å². The minimum Gasteiger partial charge on any atom is -0.481 e. The number of carboxylic acids is 1. The first kappa shape index (κ1) is 13.6. The smallest absolute Gasteiger partial charge is 0.309 e. The number of carbonyl (C=O) groups is 1. The van der Waals surface area contributed by atoms with Gasteiger partial charge in [0.2, 0.25) is 0 Å². The molecule has 1 aromatic carbocycles. The molecule has 1 rings (SSSR count). The largest absolute Gasteiger partial charge is 0.481 e. The Bertz CT molecular complexity index is 390. The van der Waals surface area contributed by atoms with E-state index in [-0.39, 0.29) is 0 Å². The van der Waals surface area contributed by atoms with Crippen LogP contribution in [0.4, 0.5) is 5.69 Å². The zero-order chi connectivity index (χ0) is 13.1. The monoisotopic (exact) mass is 235 g/mol. The molecular formula is C14H21NO2. The lowest BCUT2D eigenvalue weighted by Crippen LogP contribution is -2.26. The molecule has 2 N–H and O–H groups in total. The van der Waals surface area contributed by atoms with Gasteiger partial charge in [-0.1, -0.05) is 18.2 Å². The van der Waals surface area contributed by atoms with Crippen molar-refractivity contribution < 1.29 is 9.90 Å². The van der Waals surface area contributed by atoms with Crippen LogP contribution in [0.3, 0.4) is 0 Å². The van der Waals surface area contributed by atoms with E-state index in [1.807, 2.05) is 6.07 Å². The average molecular weight is 235 g/mol. The Labute approximate surface area is 103 Å². The van der Waals surface area contributed by atoms with Gasteiger partial charge in [0, 0.05) is 12.2 Å². The maximum absolute atomic E-state index is 11.0. The van der Waals surface area contributed by atoms with Gasteiger partial charge in [-0.15, -0.1) is 0 Å². The van der Waals surface area contributed by atoms with Crippen LogP contribution in [0.25, 0.3) is 0 Å². The van der Waals surface area contributed by atoms with Crippen LogP contribution in [-0.2, 0) is 4.79 Å². The average Bonchev–Trinajstić information content (AvgIpc) is 2.22. The topological polar surface area (TPSA) is 49.3 Å². The number of aliphatic carboxylic acids is 1. The van der Waals surface area contributed by atoms with Gasteiger partial charge < -0.3 is 10.4 Å². The number of aryl methyl sites for hydroxylation is 2. The molecule has 0 aromatic heterocycles. The summed E-state index contributed by atoms with van der Waals surface area (Å²) in [6.45, 7) is 8.28. The van der Waals surface area contributed by atoms with Crippen molar-refractivity contribution in [3.63, 3.8) is 0 Å². The predicted molar refractivity (Wildman–Crippen MR) is 70.4 cm³/mol. The molecule has 3 heteroatoms. The van der Waals surface area contributed by atoms with Crippen LogP contribution in [0.5, 0.6) is 0 Å². The number of para-hydroxylation sites is 1. The standard InChI is InChI=1S/C14H21NO2/c1-10-6-5-7-11(2)12(10)15-9-8-14(3,4)13(16)17/h5-7,15H,8-9H2,1-4H3,(H,16,17). The molecule has 0 bridgehead atoms. The maximum Gasteiger partial charge on any atom is 0.309 e. The number of hydrogen-bond acceptors (Lipinski definition) is 2. The van der Waals surface area contributed by atoms with Gasteiger partial charge in [0.15, 0.2) is 0 Å². The Morgan fingerprint density at radius 1 is 1.29 bits per heavy atom. The van der Waals surface area contributed by atoms with Crippen LogP contribution < -0.4 is 5.32 Å². The van der Waals surface area contributed by atoms with Crippen molar-refractivity contribution in [1.82, 2.24) is 0 Å². The third kappa shape index (κ3) is 3.48. The first-order chi connectivity index (χ1) is 7.84. The molecule has 0 spiro atoms. The summed E-state index contributed by atoms with van der Waals surface area (Å²) < 4.78 is 0. The van der Waals surface area contributed by atoms with Crippen LogP contribution in [-0.4, -0.2) is 17.6 Å². The van der Waals surface area contributed by atoms with E-state index in [0.717, 1.165) is 5.69 Å². The van der Waals surface area contributed by atoms with Crippen LogP contribution in [0.15, 0.2) is 18.2 Å². The third-order valence-corrected chi connectivity index (χ3v) is 3.11. The second-order valence-corrected chi connectivity index (χ2v) is 5.13. The highest BCUT2D eigenvalue weighted by molar-refractivity contribution is 5.73. The highest BCUT2D eigenvalue weighted by Gasteiger charge is 2.26. The predicted octanol–water partition coefficient (Wildman–Crippen LogP) is 3.22. The summed E-state index contributed by atoms with van der Waals surface area (Å²) in [5.41, 5.74) is 2.83. The van der Waals surface area contributed by atoms with E-state index in [1.165, 1.54) is 11.1 Å². The summed E-state index contributed by atoms with van der Waals surface area (Å²) in [5, 5.41) is 12.3. The van der Waals surface area contributed by atoms with Crippen molar-refractivity contribution in [3.8, 4) is 0 Å². The SMILES string of the molecule is Cc1cccc(C)c1NCCC(C)(C)C(=O)O. The van der Waals surface area contributed by atoms with Gasteiger partial charge in [-0.25, -0.2) is 0 Å². The highest BCUT2D eigenvalue weighted by atomic mass is 16.4. The Hall–Kier alpha value is -1.51. The second kappa shape index (κ2) is 5.21. The first-order valence-corrected chi connectivity index (χ1v) is 5.88. The molecule has 0 fully saturated rings. The van der Waals surface area contributed by atoms with Crippen molar-refractivity contribution in [2.75, 3.05) is 11.9 Å². The van der Waals surface area contributed by atoms with Gasteiger partial charge in [-0.3, -0.25) is 4.79 Å². The molecule has 0 amide bonds. The van der Waals surface area contributed by atoms with Crippen LogP contribution >= 0.6 is 0 Å². The minimum absolute atomic E-state index is 0.607. The quantitative estimate of drug-likeness (QED) is 0.823. The lowest BCUT2D eigenvalue weighted by molar-refractivity contribution is -0.147. The molecule has 1 aromatic rings. The van der Waals surface area contributed by atoms with Gasteiger partial charge >= 0.3 is 5.97 Å². The Kier molecular flexibility index (Phi) is 4.16. The molecule has 0 atom stereocenters. The zero-order valence-corrected chi connectivity index (χ0v) is 11.0. The number of nitrogens with one attached hydrogen (secondary N) is 1. The van der Waals surface area contributed by atoms with Gasteiger partial charge in [0.25, 0.3) is 0 Å². The molecule has 0 aliphatic carbocycles. The summed E-state index contributed by atoms with van der Waals surface area (Å²) in [6.07, 6.45) is 0.607. The normalized spacial score (nSPS) is 11.3.